The van der Waals surface area contributed by atoms with Gasteiger partial charge in [0.2, 0.25) is 0 Å². The van der Waals surface area contributed by atoms with E-state index in [-0.39, 0.29) is 40.8 Å². The number of nitrogens with zero attached hydrogens (tertiary/aromatic N) is 4. The lowest BCUT2D eigenvalue weighted by atomic mass is 9.93. The molecule has 3 aliphatic rings. The first kappa shape index (κ1) is 40.2. The van der Waals surface area contributed by atoms with Gasteiger partial charge in [0.15, 0.2) is 0 Å². The van der Waals surface area contributed by atoms with Gasteiger partial charge < -0.3 is 19.8 Å². The van der Waals surface area contributed by atoms with Crippen LogP contribution in [0.2, 0.25) is 0 Å². The fraction of sp³-hybridized carbons (Fsp3) is 0.439. The summed E-state index contributed by atoms with van der Waals surface area (Å²) < 4.78 is 29.6. The van der Waals surface area contributed by atoms with Crippen molar-refractivity contribution < 1.29 is 27.9 Å². The number of halogens is 1. The third-order valence-corrected chi connectivity index (χ3v) is 12.6. The number of hydrazine groups is 1. The van der Waals surface area contributed by atoms with Crippen LogP contribution in [0, 0.1) is 0 Å². The van der Waals surface area contributed by atoms with Crippen molar-refractivity contribution in [2.45, 2.75) is 89.7 Å². The summed E-state index contributed by atoms with van der Waals surface area (Å²) in [6, 6.07) is 15.9. The van der Waals surface area contributed by atoms with Crippen LogP contribution in [0.25, 0.3) is 0 Å². The number of carbonyl (C=O) groups is 3. The molecule has 0 aromatic heterocycles. The molecule has 55 heavy (non-hydrogen) atoms. The minimum atomic E-state index is -4.34. The monoisotopic (exact) mass is 790 g/mol. The number of amides is 3. The van der Waals surface area contributed by atoms with Crippen molar-refractivity contribution >= 4 is 50.7 Å². The molecule has 0 radical (unpaired) electrons. The van der Waals surface area contributed by atoms with Gasteiger partial charge in [0.25, 0.3) is 27.7 Å². The molecule has 0 saturated carbocycles. The predicted octanol–water partition coefficient (Wildman–Crippen LogP) is 5.34. The summed E-state index contributed by atoms with van der Waals surface area (Å²) in [5.74, 6) is -1.81. The van der Waals surface area contributed by atoms with E-state index in [1.807, 2.05) is 38.1 Å². The minimum Gasteiger partial charge on any atom is -0.394 e. The van der Waals surface area contributed by atoms with Crippen molar-refractivity contribution in [2.24, 2.45) is 0 Å². The van der Waals surface area contributed by atoms with Crippen molar-refractivity contribution in [3.63, 3.8) is 0 Å². The number of unbranched alkanes of at least 4 members (excludes halogenated alkanes) is 2. The molecular weight excluding hydrogens is 740 g/mol. The van der Waals surface area contributed by atoms with E-state index in [2.05, 4.69) is 28.9 Å². The van der Waals surface area contributed by atoms with Crippen molar-refractivity contribution in [2.75, 3.05) is 42.7 Å². The summed E-state index contributed by atoms with van der Waals surface area (Å²) in [7, 11) is -4.34. The van der Waals surface area contributed by atoms with Crippen LogP contribution in [0.1, 0.15) is 90.8 Å². The first-order valence-corrected chi connectivity index (χ1v) is 21.1. The van der Waals surface area contributed by atoms with Crippen molar-refractivity contribution in [1.29, 1.82) is 0 Å². The van der Waals surface area contributed by atoms with Gasteiger partial charge in [-0.3, -0.25) is 19.4 Å². The van der Waals surface area contributed by atoms with Gasteiger partial charge >= 0.3 is 0 Å². The SMILES string of the molecule is CCCCN(CCCC)C(=O)C1=C(Cl)C(C)NN1c1ccc(C(=O)NS(=O)(=O)c2ccc3c(c2)CCN3CC)c(C(=O)N2Cc3ccccc3CC2CO)c1. The number of sulfonamides is 1. The molecular formula is C41H51ClN6O6S. The molecule has 0 aliphatic carbocycles. The Bertz CT molecular complexity index is 2080. The van der Waals surface area contributed by atoms with Gasteiger partial charge in [-0.25, -0.2) is 18.6 Å². The molecule has 3 heterocycles. The Kier molecular flexibility index (Phi) is 12.5. The molecule has 12 nitrogen and oxygen atoms in total. The van der Waals surface area contributed by atoms with Crippen molar-refractivity contribution in [1.82, 2.24) is 19.9 Å². The Labute approximate surface area is 329 Å². The summed E-state index contributed by atoms with van der Waals surface area (Å²) in [5.41, 5.74) is 7.32. The van der Waals surface area contributed by atoms with Gasteiger partial charge in [0, 0.05) is 38.4 Å². The molecule has 294 valence electrons. The maximum atomic E-state index is 14.7. The second kappa shape index (κ2) is 17.2. The number of rotatable bonds is 14. The molecule has 0 bridgehead atoms. The minimum absolute atomic E-state index is 0.0519. The van der Waals surface area contributed by atoms with E-state index in [0.29, 0.717) is 36.7 Å². The van der Waals surface area contributed by atoms with Crippen LogP contribution in [0.5, 0.6) is 0 Å². The lowest BCUT2D eigenvalue weighted by Crippen LogP contribution is -2.47. The molecule has 0 spiro atoms. The molecule has 3 aliphatic heterocycles. The van der Waals surface area contributed by atoms with Crippen LogP contribution < -0.4 is 20.1 Å². The summed E-state index contributed by atoms with van der Waals surface area (Å²) in [6.45, 7) is 10.5. The number of aliphatic hydroxyl groups excluding tert-OH is 1. The standard InChI is InChI=1S/C41H51ClN6O6S/c1-5-8-19-46(20-9-6-2)41(52)38-37(42)27(4)43-48(38)31-14-16-34(35(24-31)40(51)47-25-30-13-11-10-12-28(30)22-32(47)26-49)39(50)44-55(53,54)33-15-17-36-29(23-33)18-21-45(36)7-3/h10-17,23-24,27,32,43,49H,5-9,18-22,25-26H2,1-4H3,(H,44,50). The molecule has 2 atom stereocenters. The molecule has 0 fully saturated rings. The Morgan fingerprint density at radius 1 is 0.945 bits per heavy atom. The molecule has 3 aromatic rings. The third-order valence-electron chi connectivity index (χ3n) is 10.7. The number of nitrogens with one attached hydrogen (secondary N) is 2. The lowest BCUT2D eigenvalue weighted by Gasteiger charge is -2.36. The maximum Gasteiger partial charge on any atom is 0.273 e. The highest BCUT2D eigenvalue weighted by atomic mass is 35.5. The zero-order valence-corrected chi connectivity index (χ0v) is 33.5. The number of carbonyl (C=O) groups excluding carboxylic acids is 3. The van der Waals surface area contributed by atoms with E-state index in [1.165, 1.54) is 23.1 Å². The fourth-order valence-corrected chi connectivity index (χ4v) is 8.79. The smallest absolute Gasteiger partial charge is 0.273 e. The van der Waals surface area contributed by atoms with Gasteiger partial charge in [-0.05, 0) is 92.6 Å². The van der Waals surface area contributed by atoms with Crippen molar-refractivity contribution in [3.8, 4) is 0 Å². The number of hydrogen-bond acceptors (Lipinski definition) is 9. The second-order valence-corrected chi connectivity index (χ2v) is 16.5. The van der Waals surface area contributed by atoms with E-state index in [9.17, 15) is 27.9 Å². The highest BCUT2D eigenvalue weighted by Crippen LogP contribution is 2.34. The number of aliphatic hydroxyl groups is 1. The number of fused-ring (bicyclic) bond motifs is 2. The topological polar surface area (TPSA) is 143 Å². The van der Waals surface area contributed by atoms with Gasteiger partial charge in [0.1, 0.15) is 5.70 Å². The van der Waals surface area contributed by atoms with Crippen LogP contribution in [-0.4, -0.2) is 85.9 Å². The highest BCUT2D eigenvalue weighted by molar-refractivity contribution is 7.90. The first-order valence-electron chi connectivity index (χ1n) is 19.2. The normalized spacial score (nSPS) is 18.0. The number of anilines is 2. The predicted molar refractivity (Wildman–Crippen MR) is 214 cm³/mol. The number of benzene rings is 3. The van der Waals surface area contributed by atoms with Crippen LogP contribution in [0.3, 0.4) is 0 Å². The van der Waals surface area contributed by atoms with E-state index in [1.54, 1.807) is 28.1 Å². The Hall–Kier alpha value is -4.43. The fourth-order valence-electron chi connectivity index (χ4n) is 7.56. The van der Waals surface area contributed by atoms with E-state index < -0.39 is 33.9 Å². The van der Waals surface area contributed by atoms with Crippen LogP contribution in [0.15, 0.2) is 76.3 Å². The van der Waals surface area contributed by atoms with Crippen LogP contribution in [-0.2, 0) is 34.2 Å². The first-order chi connectivity index (χ1) is 26.4. The maximum absolute atomic E-state index is 14.7. The quantitative estimate of drug-likeness (QED) is 0.197. The Morgan fingerprint density at radius 3 is 2.33 bits per heavy atom. The molecule has 3 amide bonds. The number of likely N-dealkylation sites (N-methyl/N-ethyl adjacent to an activating group) is 1. The molecule has 2 unspecified atom stereocenters. The third kappa shape index (κ3) is 8.25. The van der Waals surface area contributed by atoms with Crippen molar-refractivity contribution in [3.05, 3.63) is 99.2 Å². The highest BCUT2D eigenvalue weighted by Gasteiger charge is 2.38. The number of hydrogen-bond donors (Lipinski definition) is 3. The molecule has 14 heteroatoms. The van der Waals surface area contributed by atoms with Gasteiger partial charge in [-0.1, -0.05) is 62.6 Å². The Morgan fingerprint density at radius 2 is 1.65 bits per heavy atom. The Balaban J connectivity index is 1.39. The zero-order chi connectivity index (χ0) is 39.4. The zero-order valence-electron chi connectivity index (χ0n) is 32.0. The molecule has 0 saturated heterocycles. The van der Waals surface area contributed by atoms with Crippen LogP contribution in [0.4, 0.5) is 11.4 Å². The second-order valence-electron chi connectivity index (χ2n) is 14.4. The largest absolute Gasteiger partial charge is 0.394 e. The summed E-state index contributed by atoms with van der Waals surface area (Å²) in [4.78, 5) is 48.4. The van der Waals surface area contributed by atoms with Gasteiger partial charge in [-0.15, -0.1) is 0 Å². The lowest BCUT2D eigenvalue weighted by molar-refractivity contribution is -0.127. The summed E-state index contributed by atoms with van der Waals surface area (Å²) in [5, 5.41) is 12.3. The van der Waals surface area contributed by atoms with E-state index >= 15 is 0 Å². The van der Waals surface area contributed by atoms with Gasteiger partial charge in [-0.2, -0.15) is 0 Å². The molecule has 3 aromatic carbocycles. The molecule has 3 N–H and O–H groups in total. The average Bonchev–Trinajstić information content (AvgIpc) is 3.75. The summed E-state index contributed by atoms with van der Waals surface area (Å²) >= 11 is 6.85. The summed E-state index contributed by atoms with van der Waals surface area (Å²) in [6.07, 6.45) is 4.55. The van der Waals surface area contributed by atoms with E-state index in [4.69, 9.17) is 11.6 Å². The molecule has 6 rings (SSSR count). The van der Waals surface area contributed by atoms with E-state index in [0.717, 1.165) is 61.2 Å². The van der Waals surface area contributed by atoms with Crippen LogP contribution >= 0.6 is 11.6 Å². The average molecular weight is 791 g/mol. The van der Waals surface area contributed by atoms with Gasteiger partial charge in [0.05, 0.1) is 45.4 Å².